The first-order valence-electron chi connectivity index (χ1n) is 3.33. The molecule has 1 heterocycles. The smallest absolute Gasteiger partial charge is 0.0811 e. The van der Waals surface area contributed by atoms with Crippen molar-refractivity contribution in [2.75, 3.05) is 13.2 Å². The van der Waals surface area contributed by atoms with Gasteiger partial charge in [-0.15, -0.1) is 0 Å². The van der Waals surface area contributed by atoms with Crippen molar-refractivity contribution < 1.29 is 9.84 Å². The zero-order valence-electron chi connectivity index (χ0n) is 5.42. The van der Waals surface area contributed by atoms with Gasteiger partial charge in [0.2, 0.25) is 0 Å². The Balaban J connectivity index is 2.20. The highest BCUT2D eigenvalue weighted by Crippen LogP contribution is 2.17. The van der Waals surface area contributed by atoms with Crippen LogP contribution in [0.15, 0.2) is 0 Å². The van der Waals surface area contributed by atoms with Gasteiger partial charge < -0.3 is 15.6 Å². The van der Waals surface area contributed by atoms with E-state index < -0.39 is 0 Å². The van der Waals surface area contributed by atoms with Crippen molar-refractivity contribution >= 4 is 0 Å². The molecule has 0 aliphatic carbocycles. The fourth-order valence-electron chi connectivity index (χ4n) is 1.09. The normalized spacial score (nSPS) is 35.3. The van der Waals surface area contributed by atoms with Gasteiger partial charge >= 0.3 is 0 Å². The van der Waals surface area contributed by atoms with Gasteiger partial charge in [0, 0.05) is 6.54 Å². The second-order valence-corrected chi connectivity index (χ2v) is 2.38. The zero-order valence-corrected chi connectivity index (χ0v) is 5.42. The van der Waals surface area contributed by atoms with Crippen LogP contribution in [0.1, 0.15) is 12.8 Å². The van der Waals surface area contributed by atoms with Crippen LogP contribution in [0.5, 0.6) is 0 Å². The molecule has 0 spiro atoms. The van der Waals surface area contributed by atoms with Crippen LogP contribution in [-0.4, -0.2) is 30.5 Å². The van der Waals surface area contributed by atoms with Gasteiger partial charge in [-0.25, -0.2) is 0 Å². The Morgan fingerprint density at radius 1 is 1.44 bits per heavy atom. The third-order valence-electron chi connectivity index (χ3n) is 1.66. The summed E-state index contributed by atoms with van der Waals surface area (Å²) in [5.41, 5.74) is 5.34. The third kappa shape index (κ3) is 1.64. The van der Waals surface area contributed by atoms with Gasteiger partial charge in [-0.3, -0.25) is 0 Å². The first kappa shape index (κ1) is 6.99. The zero-order chi connectivity index (χ0) is 6.69. The van der Waals surface area contributed by atoms with Crippen molar-refractivity contribution in [2.45, 2.75) is 25.0 Å². The first-order chi connectivity index (χ1) is 4.36. The van der Waals surface area contributed by atoms with E-state index in [1.54, 1.807) is 0 Å². The molecular formula is C6H13NO2. The van der Waals surface area contributed by atoms with Crippen LogP contribution in [0, 0.1) is 0 Å². The maximum absolute atomic E-state index is 8.61. The topological polar surface area (TPSA) is 55.5 Å². The van der Waals surface area contributed by atoms with E-state index in [2.05, 4.69) is 0 Å². The molecule has 0 amide bonds. The largest absolute Gasteiger partial charge is 0.394 e. The Kier molecular flexibility index (Phi) is 2.45. The fourth-order valence-corrected chi connectivity index (χ4v) is 1.09. The van der Waals surface area contributed by atoms with E-state index in [0.717, 1.165) is 12.8 Å². The minimum atomic E-state index is 0.0542. The van der Waals surface area contributed by atoms with E-state index in [0.29, 0.717) is 6.54 Å². The predicted molar refractivity (Wildman–Crippen MR) is 34.0 cm³/mol. The number of aliphatic hydroxyl groups excluding tert-OH is 1. The van der Waals surface area contributed by atoms with E-state index in [9.17, 15) is 0 Å². The molecule has 0 unspecified atom stereocenters. The van der Waals surface area contributed by atoms with E-state index in [-0.39, 0.29) is 18.8 Å². The second-order valence-electron chi connectivity index (χ2n) is 2.38. The molecule has 3 N–H and O–H groups in total. The van der Waals surface area contributed by atoms with Crippen LogP contribution in [0.4, 0.5) is 0 Å². The lowest BCUT2D eigenvalue weighted by Gasteiger charge is -2.07. The van der Waals surface area contributed by atoms with Crippen LogP contribution in [0.2, 0.25) is 0 Å². The van der Waals surface area contributed by atoms with Crippen LogP contribution in [-0.2, 0) is 4.74 Å². The fraction of sp³-hybridized carbons (Fsp3) is 1.00. The molecule has 3 heteroatoms. The second kappa shape index (κ2) is 3.15. The van der Waals surface area contributed by atoms with Crippen LogP contribution >= 0.6 is 0 Å². The monoisotopic (exact) mass is 131 g/mol. The minimum Gasteiger partial charge on any atom is -0.394 e. The number of hydrogen-bond donors (Lipinski definition) is 2. The molecule has 3 nitrogen and oxygen atoms in total. The van der Waals surface area contributed by atoms with Gasteiger partial charge in [-0.1, -0.05) is 0 Å². The van der Waals surface area contributed by atoms with Crippen molar-refractivity contribution in [3.05, 3.63) is 0 Å². The molecule has 1 aliphatic rings. The molecule has 0 aromatic heterocycles. The molecule has 1 aliphatic heterocycles. The summed E-state index contributed by atoms with van der Waals surface area (Å²) in [6.07, 6.45) is 2.21. The lowest BCUT2D eigenvalue weighted by atomic mass is 10.2. The summed E-state index contributed by atoms with van der Waals surface area (Å²) >= 11 is 0. The van der Waals surface area contributed by atoms with Gasteiger partial charge in [0.05, 0.1) is 18.8 Å². The predicted octanol–water partition coefficient (Wildman–Crippen LogP) is -0.515. The van der Waals surface area contributed by atoms with Crippen molar-refractivity contribution in [3.8, 4) is 0 Å². The molecule has 2 atom stereocenters. The molecule has 0 aromatic rings. The van der Waals surface area contributed by atoms with Crippen molar-refractivity contribution in [3.63, 3.8) is 0 Å². The number of aliphatic hydroxyl groups is 1. The lowest BCUT2D eigenvalue weighted by Crippen LogP contribution is -2.21. The van der Waals surface area contributed by atoms with E-state index in [1.165, 1.54) is 0 Å². The van der Waals surface area contributed by atoms with Crippen molar-refractivity contribution in [2.24, 2.45) is 5.73 Å². The summed E-state index contributed by atoms with van der Waals surface area (Å²) in [6, 6.07) is 0. The Bertz CT molecular complexity index is 77.1. The number of ether oxygens (including phenoxy) is 1. The molecule has 0 aromatic carbocycles. The summed E-state index contributed by atoms with van der Waals surface area (Å²) in [5.74, 6) is 0. The minimum absolute atomic E-state index is 0.0542. The van der Waals surface area contributed by atoms with Gasteiger partial charge in [-0.2, -0.15) is 0 Å². The summed E-state index contributed by atoms with van der Waals surface area (Å²) in [5, 5.41) is 8.61. The molecular weight excluding hydrogens is 118 g/mol. The highest BCUT2D eigenvalue weighted by atomic mass is 16.5. The summed E-state index contributed by atoms with van der Waals surface area (Å²) in [4.78, 5) is 0. The lowest BCUT2D eigenvalue weighted by molar-refractivity contribution is 0.0158. The highest BCUT2D eigenvalue weighted by molar-refractivity contribution is 4.72. The third-order valence-corrected chi connectivity index (χ3v) is 1.66. The quantitative estimate of drug-likeness (QED) is 0.530. The number of hydrogen-bond acceptors (Lipinski definition) is 3. The molecule has 0 saturated carbocycles. The van der Waals surface area contributed by atoms with Gasteiger partial charge in [0.25, 0.3) is 0 Å². The van der Waals surface area contributed by atoms with E-state index >= 15 is 0 Å². The van der Waals surface area contributed by atoms with E-state index in [1.807, 2.05) is 0 Å². The average Bonchev–Trinajstić information content (AvgIpc) is 2.34. The maximum atomic E-state index is 8.61. The Morgan fingerprint density at radius 3 is 2.44 bits per heavy atom. The molecule has 0 bridgehead atoms. The Labute approximate surface area is 54.8 Å². The highest BCUT2D eigenvalue weighted by Gasteiger charge is 2.22. The van der Waals surface area contributed by atoms with Crippen molar-refractivity contribution in [1.82, 2.24) is 0 Å². The Hall–Kier alpha value is -0.120. The molecule has 1 rings (SSSR count). The van der Waals surface area contributed by atoms with Crippen molar-refractivity contribution in [1.29, 1.82) is 0 Å². The number of rotatable bonds is 2. The molecule has 54 valence electrons. The maximum Gasteiger partial charge on any atom is 0.0811 e. The van der Waals surface area contributed by atoms with E-state index in [4.69, 9.17) is 15.6 Å². The molecule has 1 saturated heterocycles. The summed E-state index contributed by atoms with van der Waals surface area (Å²) in [6.45, 7) is 0.715. The van der Waals surface area contributed by atoms with Crippen LogP contribution < -0.4 is 5.73 Å². The Morgan fingerprint density at radius 2 is 2.11 bits per heavy atom. The molecule has 1 fully saturated rings. The van der Waals surface area contributed by atoms with Gasteiger partial charge in [0.1, 0.15) is 0 Å². The number of nitrogens with two attached hydrogens (primary N) is 1. The SMILES string of the molecule is NC[C@@H]1CC[C@@H](CO)O1. The van der Waals surface area contributed by atoms with Gasteiger partial charge in [-0.05, 0) is 12.8 Å². The van der Waals surface area contributed by atoms with Crippen LogP contribution in [0.3, 0.4) is 0 Å². The molecule has 9 heavy (non-hydrogen) atoms. The summed E-state index contributed by atoms with van der Waals surface area (Å²) in [7, 11) is 0. The van der Waals surface area contributed by atoms with Gasteiger partial charge in [0.15, 0.2) is 0 Å². The first-order valence-corrected chi connectivity index (χ1v) is 3.33. The van der Waals surface area contributed by atoms with Crippen LogP contribution in [0.25, 0.3) is 0 Å². The average molecular weight is 131 g/mol. The molecule has 0 radical (unpaired) electrons. The summed E-state index contributed by atoms with van der Waals surface area (Å²) < 4.78 is 5.28. The standard InChI is InChI=1S/C6H13NO2/c7-3-5-1-2-6(4-8)9-5/h5-6,8H,1-4,7H2/t5-,6-/m0/s1.